The van der Waals surface area contributed by atoms with E-state index in [-0.39, 0.29) is 0 Å². The average molecular weight is 198 g/mol. The Morgan fingerprint density at radius 3 is 2.43 bits per heavy atom. The molecule has 0 aromatic heterocycles. The first-order chi connectivity index (χ1) is 6.88. The maximum atomic E-state index is 8.88. The van der Waals surface area contributed by atoms with Crippen LogP contribution in [0.2, 0.25) is 0 Å². The minimum Gasteiger partial charge on any atom is -0.396 e. The van der Waals surface area contributed by atoms with Crippen LogP contribution in [0.3, 0.4) is 0 Å². The van der Waals surface area contributed by atoms with E-state index in [2.05, 4.69) is 6.92 Å². The van der Waals surface area contributed by atoms with Crippen LogP contribution < -0.4 is 0 Å². The monoisotopic (exact) mass is 198 g/mol. The maximum absolute atomic E-state index is 8.88. The van der Waals surface area contributed by atoms with Crippen molar-refractivity contribution in [2.75, 3.05) is 6.61 Å². The molecule has 1 atom stereocenters. The summed E-state index contributed by atoms with van der Waals surface area (Å²) in [4.78, 5) is 0. The highest BCUT2D eigenvalue weighted by atomic mass is 16.2. The average Bonchev–Trinajstić information content (AvgIpc) is 2.25. The van der Waals surface area contributed by atoms with Crippen molar-refractivity contribution < 1.29 is 5.11 Å². The molecule has 1 nitrogen and oxygen atoms in total. The summed E-state index contributed by atoms with van der Waals surface area (Å²) in [5, 5.41) is 8.88. The Bertz CT molecular complexity index is 127. The van der Waals surface area contributed by atoms with Gasteiger partial charge < -0.3 is 5.11 Å². The molecular weight excluding hydrogens is 172 g/mol. The Balaban J connectivity index is 2.30. The fourth-order valence-electron chi connectivity index (χ4n) is 2.95. The van der Waals surface area contributed by atoms with Gasteiger partial charge in [0.1, 0.15) is 0 Å². The number of aliphatic hydroxyl groups excluding tert-OH is 1. The van der Waals surface area contributed by atoms with E-state index in [4.69, 9.17) is 5.11 Å². The smallest absolute Gasteiger partial charge is 0.0431 e. The van der Waals surface area contributed by atoms with Crippen molar-refractivity contribution in [1.82, 2.24) is 0 Å². The molecule has 0 radical (unpaired) electrons. The minimum absolute atomic E-state index is 0.382. The Kier molecular flexibility index (Phi) is 6.25. The second-order valence-electron chi connectivity index (χ2n) is 4.81. The van der Waals surface area contributed by atoms with Gasteiger partial charge in [-0.1, -0.05) is 51.9 Å². The van der Waals surface area contributed by atoms with Crippen LogP contribution in [0.5, 0.6) is 0 Å². The molecule has 1 unspecified atom stereocenters. The third-order valence-corrected chi connectivity index (χ3v) is 3.71. The molecule has 0 heterocycles. The first-order valence-corrected chi connectivity index (χ1v) is 6.49. The molecular formula is C13H26O. The van der Waals surface area contributed by atoms with Crippen LogP contribution in [0.4, 0.5) is 0 Å². The van der Waals surface area contributed by atoms with Gasteiger partial charge in [-0.05, 0) is 24.7 Å². The van der Waals surface area contributed by atoms with E-state index in [1.807, 2.05) is 0 Å². The van der Waals surface area contributed by atoms with Crippen LogP contribution in [0.25, 0.3) is 0 Å². The van der Waals surface area contributed by atoms with Crippen molar-refractivity contribution in [3.05, 3.63) is 0 Å². The van der Waals surface area contributed by atoms with Crippen LogP contribution >= 0.6 is 0 Å². The first kappa shape index (κ1) is 12.0. The molecule has 1 heteroatoms. The largest absolute Gasteiger partial charge is 0.396 e. The summed E-state index contributed by atoms with van der Waals surface area (Å²) in [5.74, 6) is 1.89. The summed E-state index contributed by atoms with van der Waals surface area (Å²) >= 11 is 0. The summed E-state index contributed by atoms with van der Waals surface area (Å²) in [6.07, 6.45) is 12.2. The van der Waals surface area contributed by atoms with E-state index < -0.39 is 0 Å². The standard InChI is InChI=1S/C13H26O/c1-2-7-12(10-6-11-14)13-8-4-3-5-9-13/h12-14H,2-11H2,1H3. The van der Waals surface area contributed by atoms with Crippen molar-refractivity contribution in [3.63, 3.8) is 0 Å². The Labute approximate surface area is 88.9 Å². The summed E-state index contributed by atoms with van der Waals surface area (Å²) in [7, 11) is 0. The molecule has 0 aliphatic heterocycles. The molecule has 1 saturated carbocycles. The van der Waals surface area contributed by atoms with Gasteiger partial charge in [0.05, 0.1) is 0 Å². The number of hydrogen-bond acceptors (Lipinski definition) is 1. The van der Waals surface area contributed by atoms with E-state index >= 15 is 0 Å². The third kappa shape index (κ3) is 4.00. The molecule has 14 heavy (non-hydrogen) atoms. The highest BCUT2D eigenvalue weighted by molar-refractivity contribution is 4.73. The van der Waals surface area contributed by atoms with E-state index in [9.17, 15) is 0 Å². The lowest BCUT2D eigenvalue weighted by molar-refractivity contribution is 0.199. The van der Waals surface area contributed by atoms with E-state index in [0.717, 1.165) is 18.3 Å². The van der Waals surface area contributed by atoms with Crippen LogP contribution in [-0.4, -0.2) is 11.7 Å². The molecule has 1 aliphatic rings. The highest BCUT2D eigenvalue weighted by Crippen LogP contribution is 2.34. The summed E-state index contributed by atoms with van der Waals surface area (Å²) in [6.45, 7) is 2.67. The molecule has 0 amide bonds. The van der Waals surface area contributed by atoms with Gasteiger partial charge in [0.15, 0.2) is 0 Å². The fraction of sp³-hybridized carbons (Fsp3) is 1.00. The van der Waals surface area contributed by atoms with Gasteiger partial charge in [-0.2, -0.15) is 0 Å². The van der Waals surface area contributed by atoms with E-state index in [1.54, 1.807) is 0 Å². The Morgan fingerprint density at radius 2 is 1.86 bits per heavy atom. The predicted molar refractivity (Wildman–Crippen MR) is 61.3 cm³/mol. The van der Waals surface area contributed by atoms with Gasteiger partial charge in [-0.3, -0.25) is 0 Å². The summed E-state index contributed by atoms with van der Waals surface area (Å²) < 4.78 is 0. The van der Waals surface area contributed by atoms with Crippen LogP contribution in [0.1, 0.15) is 64.7 Å². The molecule has 0 spiro atoms. The molecule has 0 bridgehead atoms. The highest BCUT2D eigenvalue weighted by Gasteiger charge is 2.22. The van der Waals surface area contributed by atoms with Gasteiger partial charge in [-0.15, -0.1) is 0 Å². The van der Waals surface area contributed by atoms with Crippen molar-refractivity contribution in [2.24, 2.45) is 11.8 Å². The van der Waals surface area contributed by atoms with Crippen molar-refractivity contribution >= 4 is 0 Å². The van der Waals surface area contributed by atoms with Crippen LogP contribution in [0.15, 0.2) is 0 Å². The predicted octanol–water partition coefficient (Wildman–Crippen LogP) is 3.76. The SMILES string of the molecule is CCCC(CCCO)C1CCCCC1. The van der Waals surface area contributed by atoms with E-state index in [0.29, 0.717) is 6.61 Å². The topological polar surface area (TPSA) is 20.2 Å². The van der Waals surface area contributed by atoms with Crippen molar-refractivity contribution in [1.29, 1.82) is 0 Å². The quantitative estimate of drug-likeness (QED) is 0.689. The van der Waals surface area contributed by atoms with Crippen molar-refractivity contribution in [2.45, 2.75) is 64.7 Å². The van der Waals surface area contributed by atoms with Gasteiger partial charge in [0.2, 0.25) is 0 Å². The second kappa shape index (κ2) is 7.28. The molecule has 1 aliphatic carbocycles. The summed E-state index contributed by atoms with van der Waals surface area (Å²) in [6, 6.07) is 0. The molecule has 1 fully saturated rings. The van der Waals surface area contributed by atoms with E-state index in [1.165, 1.54) is 51.4 Å². The fourth-order valence-corrected chi connectivity index (χ4v) is 2.95. The van der Waals surface area contributed by atoms with Gasteiger partial charge in [0, 0.05) is 6.61 Å². The number of hydrogen-bond donors (Lipinski definition) is 1. The second-order valence-corrected chi connectivity index (χ2v) is 4.81. The van der Waals surface area contributed by atoms with Gasteiger partial charge in [0.25, 0.3) is 0 Å². The maximum Gasteiger partial charge on any atom is 0.0431 e. The van der Waals surface area contributed by atoms with Gasteiger partial charge in [-0.25, -0.2) is 0 Å². The first-order valence-electron chi connectivity index (χ1n) is 6.49. The zero-order chi connectivity index (χ0) is 10.2. The van der Waals surface area contributed by atoms with Crippen LogP contribution in [0, 0.1) is 11.8 Å². The molecule has 0 aromatic carbocycles. The molecule has 84 valence electrons. The number of rotatable bonds is 6. The lowest BCUT2D eigenvalue weighted by atomic mass is 9.76. The molecule has 1 rings (SSSR count). The molecule has 0 aromatic rings. The molecule has 1 N–H and O–H groups in total. The Hall–Kier alpha value is -0.0400. The van der Waals surface area contributed by atoms with Crippen molar-refractivity contribution in [3.8, 4) is 0 Å². The zero-order valence-electron chi connectivity index (χ0n) is 9.67. The Morgan fingerprint density at radius 1 is 1.14 bits per heavy atom. The summed E-state index contributed by atoms with van der Waals surface area (Å²) in [5.41, 5.74) is 0. The lowest BCUT2D eigenvalue weighted by Crippen LogP contribution is -2.18. The normalized spacial score (nSPS) is 21.0. The van der Waals surface area contributed by atoms with Crippen LogP contribution in [-0.2, 0) is 0 Å². The molecule has 0 saturated heterocycles. The number of aliphatic hydroxyl groups is 1. The third-order valence-electron chi connectivity index (χ3n) is 3.71. The zero-order valence-corrected chi connectivity index (χ0v) is 9.67. The lowest BCUT2D eigenvalue weighted by Gasteiger charge is -2.30. The van der Waals surface area contributed by atoms with Gasteiger partial charge >= 0.3 is 0 Å². The minimum atomic E-state index is 0.382.